The van der Waals surface area contributed by atoms with Crippen LogP contribution < -0.4 is 5.32 Å². The molecule has 120 valence electrons. The molecular formula is C16H17F4NO. The van der Waals surface area contributed by atoms with Crippen LogP contribution in [0.1, 0.15) is 43.0 Å². The zero-order chi connectivity index (χ0) is 16.0. The lowest BCUT2D eigenvalue weighted by molar-refractivity contribution is 0.0909. The van der Waals surface area contributed by atoms with Gasteiger partial charge in [-0.3, -0.25) is 4.79 Å². The molecule has 1 N–H and O–H groups in total. The summed E-state index contributed by atoms with van der Waals surface area (Å²) in [6.45, 7) is 1.82. The molecule has 0 aromatic heterocycles. The van der Waals surface area contributed by atoms with Gasteiger partial charge in [0.25, 0.3) is 5.91 Å². The van der Waals surface area contributed by atoms with E-state index < -0.39 is 34.7 Å². The number of rotatable bonds is 3. The lowest BCUT2D eigenvalue weighted by atomic mass is 9.84. The van der Waals surface area contributed by atoms with Crippen LogP contribution in [0, 0.1) is 41.0 Å². The van der Waals surface area contributed by atoms with Gasteiger partial charge in [0.2, 0.25) is 0 Å². The van der Waals surface area contributed by atoms with Crippen LogP contribution in [0.2, 0.25) is 0 Å². The Labute approximate surface area is 125 Å². The van der Waals surface area contributed by atoms with E-state index >= 15 is 0 Å². The topological polar surface area (TPSA) is 29.1 Å². The number of carbonyl (C=O) groups is 1. The molecule has 6 heteroatoms. The lowest BCUT2D eigenvalue weighted by Gasteiger charge is -2.28. The van der Waals surface area contributed by atoms with Crippen molar-refractivity contribution in [3.05, 3.63) is 34.9 Å². The predicted octanol–water partition coefficient (Wildman–Crippen LogP) is 3.80. The third-order valence-corrected chi connectivity index (χ3v) is 5.14. The minimum atomic E-state index is -1.96. The highest BCUT2D eigenvalue weighted by atomic mass is 19.2. The fraction of sp³-hybridized carbons (Fsp3) is 0.562. The maximum atomic E-state index is 13.6. The van der Waals surface area contributed by atoms with Crippen LogP contribution in [0.15, 0.2) is 6.07 Å². The van der Waals surface area contributed by atoms with E-state index in [9.17, 15) is 22.4 Å². The Balaban J connectivity index is 1.75. The fourth-order valence-corrected chi connectivity index (χ4v) is 4.04. The molecule has 2 aliphatic carbocycles. The molecule has 2 bridgehead atoms. The number of hydrogen-bond donors (Lipinski definition) is 1. The Morgan fingerprint density at radius 3 is 2.45 bits per heavy atom. The van der Waals surface area contributed by atoms with Gasteiger partial charge in [0.05, 0.1) is 5.56 Å². The summed E-state index contributed by atoms with van der Waals surface area (Å²) in [5, 5.41) is 2.60. The molecule has 22 heavy (non-hydrogen) atoms. The average Bonchev–Trinajstić information content (AvgIpc) is 3.11. The molecule has 3 rings (SSSR count). The normalized spacial score (nSPS) is 28.0. The van der Waals surface area contributed by atoms with Crippen molar-refractivity contribution in [2.75, 3.05) is 0 Å². The van der Waals surface area contributed by atoms with E-state index in [1.807, 2.05) is 6.92 Å². The average molecular weight is 315 g/mol. The zero-order valence-electron chi connectivity index (χ0n) is 12.1. The molecule has 4 atom stereocenters. The van der Waals surface area contributed by atoms with E-state index in [0.29, 0.717) is 23.8 Å². The van der Waals surface area contributed by atoms with E-state index in [0.717, 1.165) is 19.3 Å². The Hall–Kier alpha value is -1.59. The first-order chi connectivity index (χ1) is 10.4. The lowest BCUT2D eigenvalue weighted by Crippen LogP contribution is -2.40. The van der Waals surface area contributed by atoms with Crippen LogP contribution in [0.5, 0.6) is 0 Å². The first kappa shape index (κ1) is 15.3. The monoisotopic (exact) mass is 315 g/mol. The summed E-state index contributed by atoms with van der Waals surface area (Å²) < 4.78 is 52.9. The van der Waals surface area contributed by atoms with Gasteiger partial charge in [-0.1, -0.05) is 6.42 Å². The van der Waals surface area contributed by atoms with Gasteiger partial charge in [-0.25, -0.2) is 17.6 Å². The van der Waals surface area contributed by atoms with Gasteiger partial charge in [-0.05, 0) is 50.0 Å². The maximum Gasteiger partial charge on any atom is 0.254 e. The van der Waals surface area contributed by atoms with Crippen LogP contribution in [0.3, 0.4) is 0 Å². The standard InChI is InChI=1S/C16H17F4NO/c1-7(10-5-8-2-3-9(10)4-8)21-16(22)11-6-12(17)14(19)15(20)13(11)18/h6-10H,2-5H2,1H3,(H,21,22). The summed E-state index contributed by atoms with van der Waals surface area (Å²) in [7, 11) is 0. The molecule has 2 saturated carbocycles. The highest BCUT2D eigenvalue weighted by Gasteiger charge is 2.42. The van der Waals surface area contributed by atoms with Crippen molar-refractivity contribution in [1.29, 1.82) is 0 Å². The summed E-state index contributed by atoms with van der Waals surface area (Å²) in [5.74, 6) is -6.47. The summed E-state index contributed by atoms with van der Waals surface area (Å²) in [4.78, 5) is 12.0. The molecule has 1 aromatic rings. The van der Waals surface area contributed by atoms with E-state index in [1.54, 1.807) is 0 Å². The van der Waals surface area contributed by atoms with E-state index in [-0.39, 0.29) is 6.04 Å². The number of fused-ring (bicyclic) bond motifs is 2. The molecule has 2 aliphatic rings. The fourth-order valence-electron chi connectivity index (χ4n) is 4.04. The van der Waals surface area contributed by atoms with Crippen molar-refractivity contribution >= 4 is 5.91 Å². The first-order valence-electron chi connectivity index (χ1n) is 7.52. The van der Waals surface area contributed by atoms with Gasteiger partial charge < -0.3 is 5.32 Å². The molecule has 0 heterocycles. The number of hydrogen-bond acceptors (Lipinski definition) is 1. The van der Waals surface area contributed by atoms with Crippen LogP contribution in [-0.4, -0.2) is 11.9 Å². The van der Waals surface area contributed by atoms with Gasteiger partial charge in [0, 0.05) is 6.04 Å². The molecule has 0 radical (unpaired) electrons. The number of amides is 1. The molecular weight excluding hydrogens is 298 g/mol. The van der Waals surface area contributed by atoms with Gasteiger partial charge in [-0.15, -0.1) is 0 Å². The third-order valence-electron chi connectivity index (χ3n) is 5.14. The van der Waals surface area contributed by atoms with E-state index in [4.69, 9.17) is 0 Å². The second kappa shape index (κ2) is 5.56. The van der Waals surface area contributed by atoms with Crippen molar-refractivity contribution in [2.24, 2.45) is 17.8 Å². The summed E-state index contributed by atoms with van der Waals surface area (Å²) in [6.07, 6.45) is 4.51. The Morgan fingerprint density at radius 1 is 1.14 bits per heavy atom. The van der Waals surface area contributed by atoms with Gasteiger partial charge in [0.15, 0.2) is 23.3 Å². The molecule has 0 saturated heterocycles. The quantitative estimate of drug-likeness (QED) is 0.513. The van der Waals surface area contributed by atoms with Crippen LogP contribution in [-0.2, 0) is 0 Å². The minimum absolute atomic E-state index is 0.210. The molecule has 4 unspecified atom stereocenters. The Morgan fingerprint density at radius 2 is 1.86 bits per heavy atom. The van der Waals surface area contributed by atoms with Gasteiger partial charge in [-0.2, -0.15) is 0 Å². The third kappa shape index (κ3) is 2.48. The molecule has 1 aromatic carbocycles. The molecule has 2 fully saturated rings. The largest absolute Gasteiger partial charge is 0.349 e. The van der Waals surface area contributed by atoms with Gasteiger partial charge in [0.1, 0.15) is 0 Å². The predicted molar refractivity (Wildman–Crippen MR) is 72.1 cm³/mol. The number of benzene rings is 1. The van der Waals surface area contributed by atoms with E-state index in [1.165, 1.54) is 6.42 Å². The van der Waals surface area contributed by atoms with Crippen LogP contribution in [0.4, 0.5) is 17.6 Å². The second-order valence-corrected chi connectivity index (χ2v) is 6.45. The second-order valence-electron chi connectivity index (χ2n) is 6.45. The molecule has 2 nitrogen and oxygen atoms in total. The smallest absolute Gasteiger partial charge is 0.254 e. The first-order valence-corrected chi connectivity index (χ1v) is 7.52. The Kier molecular flexibility index (Phi) is 3.87. The summed E-state index contributed by atoms with van der Waals surface area (Å²) in [6, 6.07) is 0.190. The van der Waals surface area contributed by atoms with Crippen molar-refractivity contribution in [3.63, 3.8) is 0 Å². The molecule has 1 amide bonds. The highest BCUT2D eigenvalue weighted by Crippen LogP contribution is 2.49. The van der Waals surface area contributed by atoms with E-state index in [2.05, 4.69) is 5.32 Å². The number of halogens is 4. The minimum Gasteiger partial charge on any atom is -0.349 e. The van der Waals surface area contributed by atoms with Crippen LogP contribution >= 0.6 is 0 Å². The summed E-state index contributed by atoms with van der Waals surface area (Å²) in [5.41, 5.74) is -0.800. The zero-order valence-corrected chi connectivity index (χ0v) is 12.1. The van der Waals surface area contributed by atoms with Crippen molar-refractivity contribution < 1.29 is 22.4 Å². The van der Waals surface area contributed by atoms with Crippen molar-refractivity contribution in [1.82, 2.24) is 5.32 Å². The van der Waals surface area contributed by atoms with Crippen LogP contribution in [0.25, 0.3) is 0 Å². The number of nitrogens with one attached hydrogen (secondary N) is 1. The van der Waals surface area contributed by atoms with Gasteiger partial charge >= 0.3 is 0 Å². The molecule has 0 spiro atoms. The van der Waals surface area contributed by atoms with Crippen molar-refractivity contribution in [2.45, 2.75) is 38.6 Å². The molecule has 0 aliphatic heterocycles. The van der Waals surface area contributed by atoms with Crippen molar-refractivity contribution in [3.8, 4) is 0 Å². The number of carbonyl (C=O) groups excluding carboxylic acids is 1. The SMILES string of the molecule is CC(NC(=O)c1cc(F)c(F)c(F)c1F)C1CC2CCC1C2. The maximum absolute atomic E-state index is 13.6. The highest BCUT2D eigenvalue weighted by molar-refractivity contribution is 5.94. The summed E-state index contributed by atoms with van der Waals surface area (Å²) >= 11 is 0. The Bertz CT molecular complexity index is 619.